The van der Waals surface area contributed by atoms with Gasteiger partial charge in [0.15, 0.2) is 6.29 Å². The SMILES string of the molecule is CCCCC/C=C/CC/C=C/CC/C=C/C(O)C(COC1OC(CO)C(O)C(O)C1O)NC(=O)CCCCCCCCCCCCCCCCCCCCC/C=C\CCCCCCCCCC. The lowest BCUT2D eigenvalue weighted by molar-refractivity contribution is -0.302. The summed E-state index contributed by atoms with van der Waals surface area (Å²) in [6.45, 7) is 3.73. The van der Waals surface area contributed by atoms with E-state index in [4.69, 9.17) is 9.47 Å². The van der Waals surface area contributed by atoms with Gasteiger partial charge < -0.3 is 40.3 Å². The van der Waals surface area contributed by atoms with Crippen LogP contribution in [0, 0.1) is 0 Å². The molecule has 7 unspecified atom stereocenters. The van der Waals surface area contributed by atoms with Crippen LogP contribution in [0.25, 0.3) is 0 Å². The fraction of sp³-hybridized carbons (Fsp3) is 0.845. The second-order valence-corrected chi connectivity index (χ2v) is 19.7. The summed E-state index contributed by atoms with van der Waals surface area (Å²) in [5.74, 6) is -0.189. The number of nitrogens with one attached hydrogen (secondary N) is 1. The first-order valence-electron chi connectivity index (χ1n) is 28.4. The van der Waals surface area contributed by atoms with Crippen LogP contribution in [0.15, 0.2) is 48.6 Å². The Morgan fingerprint density at radius 1 is 0.493 bits per heavy atom. The number of ether oxygens (including phenoxy) is 2. The van der Waals surface area contributed by atoms with Crippen LogP contribution in [0.3, 0.4) is 0 Å². The van der Waals surface area contributed by atoms with Gasteiger partial charge in [-0.3, -0.25) is 4.79 Å². The number of unbranched alkanes of at least 4 members (excludes halogenated alkanes) is 32. The van der Waals surface area contributed by atoms with E-state index in [9.17, 15) is 30.3 Å². The highest BCUT2D eigenvalue weighted by Crippen LogP contribution is 2.23. The van der Waals surface area contributed by atoms with Gasteiger partial charge in [0.25, 0.3) is 0 Å². The Kier molecular flexibility index (Phi) is 45.1. The third kappa shape index (κ3) is 37.6. The predicted molar refractivity (Wildman–Crippen MR) is 281 cm³/mol. The molecule has 0 saturated carbocycles. The molecule has 1 amide bonds. The van der Waals surface area contributed by atoms with Crippen molar-refractivity contribution in [3.05, 3.63) is 48.6 Å². The Morgan fingerprint density at radius 2 is 0.851 bits per heavy atom. The van der Waals surface area contributed by atoms with Crippen molar-refractivity contribution >= 4 is 5.91 Å². The van der Waals surface area contributed by atoms with E-state index in [0.717, 1.165) is 51.4 Å². The minimum Gasteiger partial charge on any atom is -0.394 e. The zero-order chi connectivity index (χ0) is 48.7. The topological polar surface area (TPSA) is 149 Å². The van der Waals surface area contributed by atoms with Gasteiger partial charge in [-0.25, -0.2) is 0 Å². The average Bonchev–Trinajstić information content (AvgIpc) is 3.33. The highest BCUT2D eigenvalue weighted by molar-refractivity contribution is 5.76. The van der Waals surface area contributed by atoms with E-state index in [1.807, 2.05) is 6.08 Å². The number of carbonyl (C=O) groups is 1. The Balaban J connectivity index is 2.14. The molecule has 392 valence electrons. The first-order valence-corrected chi connectivity index (χ1v) is 28.4. The molecule has 6 N–H and O–H groups in total. The van der Waals surface area contributed by atoms with E-state index in [-0.39, 0.29) is 12.5 Å². The van der Waals surface area contributed by atoms with Crippen LogP contribution in [0.5, 0.6) is 0 Å². The molecule has 0 spiro atoms. The second-order valence-electron chi connectivity index (χ2n) is 19.7. The molecule has 9 heteroatoms. The van der Waals surface area contributed by atoms with Crippen LogP contribution < -0.4 is 5.32 Å². The van der Waals surface area contributed by atoms with Crippen LogP contribution in [0.1, 0.15) is 258 Å². The Labute approximate surface area is 412 Å². The summed E-state index contributed by atoms with van der Waals surface area (Å²) in [6, 6.07) is -0.826. The minimum atomic E-state index is -1.57. The highest BCUT2D eigenvalue weighted by Gasteiger charge is 2.44. The van der Waals surface area contributed by atoms with Crippen LogP contribution in [0.2, 0.25) is 0 Å². The molecule has 1 heterocycles. The maximum Gasteiger partial charge on any atom is 0.220 e. The number of amides is 1. The van der Waals surface area contributed by atoms with Gasteiger partial charge >= 0.3 is 0 Å². The van der Waals surface area contributed by atoms with Crippen molar-refractivity contribution in [2.45, 2.75) is 301 Å². The summed E-state index contributed by atoms with van der Waals surface area (Å²) in [5.41, 5.74) is 0. The van der Waals surface area contributed by atoms with E-state index >= 15 is 0 Å². The average molecular weight is 946 g/mol. The molecule has 0 bridgehead atoms. The highest BCUT2D eigenvalue weighted by atomic mass is 16.7. The van der Waals surface area contributed by atoms with Crippen molar-refractivity contribution in [2.75, 3.05) is 13.2 Å². The number of carbonyl (C=O) groups excluding carboxylic acids is 1. The molecule has 1 aliphatic rings. The lowest BCUT2D eigenvalue weighted by atomic mass is 9.99. The van der Waals surface area contributed by atoms with Gasteiger partial charge in [-0.05, 0) is 70.6 Å². The molecule has 1 rings (SSSR count). The molecular weight excluding hydrogens is 839 g/mol. The maximum absolute atomic E-state index is 13.0. The lowest BCUT2D eigenvalue weighted by Crippen LogP contribution is -2.60. The van der Waals surface area contributed by atoms with Crippen LogP contribution in [0.4, 0.5) is 0 Å². The standard InChI is InChI=1S/C58H107NO8/c1-3-5-7-9-11-13-15-17-18-19-20-21-22-23-24-25-26-27-28-29-30-31-32-33-34-36-38-40-42-44-46-48-54(62)59-51(50-66-58-57(65)56(64)55(63)53(49-60)67-58)52(61)47-45-43-41-39-37-35-16-14-12-10-8-6-4-2/h12,14,19-20,37,39,45,47,51-53,55-58,60-61,63-65H,3-11,13,15-18,21-36,38,40-44,46,48-50H2,1-2H3,(H,59,62)/b14-12+,20-19-,39-37+,47-45+. The molecule has 1 fully saturated rings. The number of aliphatic hydroxyl groups is 5. The minimum absolute atomic E-state index is 0.189. The first kappa shape index (κ1) is 63.2. The molecule has 0 radical (unpaired) electrons. The molecule has 0 aliphatic carbocycles. The fourth-order valence-electron chi connectivity index (χ4n) is 8.83. The van der Waals surface area contributed by atoms with Crippen LogP contribution in [-0.4, -0.2) is 87.5 Å². The maximum atomic E-state index is 13.0. The summed E-state index contributed by atoms with van der Waals surface area (Å²) in [5, 5.41) is 54.3. The van der Waals surface area contributed by atoms with E-state index in [1.165, 1.54) is 186 Å². The third-order valence-corrected chi connectivity index (χ3v) is 13.4. The smallest absolute Gasteiger partial charge is 0.220 e. The molecular formula is C58H107NO8. The summed E-state index contributed by atoms with van der Waals surface area (Å²) in [7, 11) is 0. The van der Waals surface area contributed by atoms with E-state index in [2.05, 4.69) is 55.6 Å². The molecule has 9 nitrogen and oxygen atoms in total. The summed E-state index contributed by atoms with van der Waals surface area (Å²) >= 11 is 0. The molecule has 7 atom stereocenters. The van der Waals surface area contributed by atoms with Gasteiger partial charge in [0.05, 0.1) is 25.4 Å². The van der Waals surface area contributed by atoms with Crippen LogP contribution >= 0.6 is 0 Å². The van der Waals surface area contributed by atoms with Crippen molar-refractivity contribution in [3.63, 3.8) is 0 Å². The Hall–Kier alpha value is -1.85. The fourth-order valence-corrected chi connectivity index (χ4v) is 8.83. The quantitative estimate of drug-likeness (QED) is 0.0261. The van der Waals surface area contributed by atoms with E-state index < -0.39 is 49.5 Å². The van der Waals surface area contributed by atoms with Crippen molar-refractivity contribution in [1.82, 2.24) is 5.32 Å². The predicted octanol–water partition coefficient (Wildman–Crippen LogP) is 13.7. The number of hydrogen-bond acceptors (Lipinski definition) is 8. The van der Waals surface area contributed by atoms with Crippen molar-refractivity contribution in [3.8, 4) is 0 Å². The molecule has 0 aromatic carbocycles. The summed E-state index contributed by atoms with van der Waals surface area (Å²) < 4.78 is 11.2. The monoisotopic (exact) mass is 946 g/mol. The molecule has 0 aromatic rings. The van der Waals surface area contributed by atoms with Gasteiger partial charge in [0.2, 0.25) is 5.91 Å². The van der Waals surface area contributed by atoms with Crippen molar-refractivity contribution in [1.29, 1.82) is 0 Å². The normalized spacial score (nSPS) is 20.0. The van der Waals surface area contributed by atoms with E-state index in [1.54, 1.807) is 6.08 Å². The van der Waals surface area contributed by atoms with Gasteiger partial charge in [-0.2, -0.15) is 0 Å². The van der Waals surface area contributed by atoms with Gasteiger partial charge in [-0.15, -0.1) is 0 Å². The lowest BCUT2D eigenvalue weighted by Gasteiger charge is -2.40. The van der Waals surface area contributed by atoms with Crippen molar-refractivity contribution in [2.24, 2.45) is 0 Å². The Morgan fingerprint density at radius 3 is 1.28 bits per heavy atom. The zero-order valence-corrected chi connectivity index (χ0v) is 43.4. The molecule has 0 aromatic heterocycles. The van der Waals surface area contributed by atoms with Crippen LogP contribution in [-0.2, 0) is 14.3 Å². The van der Waals surface area contributed by atoms with Gasteiger partial charge in [0.1, 0.15) is 24.4 Å². The largest absolute Gasteiger partial charge is 0.394 e. The first-order chi connectivity index (χ1) is 32.8. The molecule has 1 saturated heterocycles. The van der Waals surface area contributed by atoms with Gasteiger partial charge in [0, 0.05) is 6.42 Å². The summed E-state index contributed by atoms with van der Waals surface area (Å²) in [6.07, 6.45) is 56.3. The number of rotatable bonds is 48. The number of hydrogen-bond donors (Lipinski definition) is 6. The zero-order valence-electron chi connectivity index (χ0n) is 43.4. The molecule has 1 aliphatic heterocycles. The van der Waals surface area contributed by atoms with Gasteiger partial charge in [-0.1, -0.05) is 229 Å². The van der Waals surface area contributed by atoms with Crippen molar-refractivity contribution < 1.29 is 39.8 Å². The van der Waals surface area contributed by atoms with E-state index in [0.29, 0.717) is 6.42 Å². The summed E-state index contributed by atoms with van der Waals surface area (Å²) in [4.78, 5) is 13.0. The Bertz CT molecular complexity index is 1190. The third-order valence-electron chi connectivity index (χ3n) is 13.4. The number of allylic oxidation sites excluding steroid dienone is 7. The number of aliphatic hydroxyl groups excluding tert-OH is 5. The molecule has 67 heavy (non-hydrogen) atoms. The second kappa shape index (κ2) is 47.8.